The summed E-state index contributed by atoms with van der Waals surface area (Å²) in [6.07, 6.45) is 2.20. The second-order valence-corrected chi connectivity index (χ2v) is 12.1. The molecule has 11 heteroatoms. The van der Waals surface area contributed by atoms with Crippen LogP contribution >= 0.6 is 11.6 Å². The zero-order valence-corrected chi connectivity index (χ0v) is 24.4. The fraction of sp³-hybridized carbons (Fsp3) is 0.379. The van der Waals surface area contributed by atoms with Crippen molar-refractivity contribution in [3.8, 4) is 0 Å². The molecule has 1 unspecified atom stereocenters. The maximum atomic E-state index is 13.4. The van der Waals surface area contributed by atoms with E-state index in [0.29, 0.717) is 42.3 Å². The van der Waals surface area contributed by atoms with E-state index in [9.17, 15) is 18.0 Å². The summed E-state index contributed by atoms with van der Waals surface area (Å²) in [5.74, 6) is -0.499. The first-order valence-corrected chi connectivity index (χ1v) is 15.1. The molecule has 2 aromatic rings. The van der Waals surface area contributed by atoms with Gasteiger partial charge in [-0.15, -0.1) is 6.58 Å². The number of ether oxygens (including phenoxy) is 1. The van der Waals surface area contributed by atoms with Crippen LogP contribution in [-0.2, 0) is 19.6 Å². The number of amides is 2. The van der Waals surface area contributed by atoms with E-state index in [1.807, 2.05) is 31.2 Å². The molecule has 2 amide bonds. The molecule has 4 rings (SSSR count). The SMILES string of the molecule is C=CCN1C(=O)NC(c2ccccc2C)C(C(=O)OCC)=C1CN1CCCN(S(=O)(=O)c2ccc(Cl)cc2)CC1. The van der Waals surface area contributed by atoms with Crippen molar-refractivity contribution in [1.29, 1.82) is 0 Å². The first-order chi connectivity index (χ1) is 19.2. The molecule has 0 spiro atoms. The van der Waals surface area contributed by atoms with Crippen LogP contribution in [0.2, 0.25) is 5.02 Å². The van der Waals surface area contributed by atoms with E-state index in [2.05, 4.69) is 16.8 Å². The van der Waals surface area contributed by atoms with Crippen LogP contribution in [0.5, 0.6) is 0 Å². The Morgan fingerprint density at radius 2 is 1.85 bits per heavy atom. The summed E-state index contributed by atoms with van der Waals surface area (Å²) in [6.45, 7) is 9.77. The van der Waals surface area contributed by atoms with E-state index in [0.717, 1.165) is 11.1 Å². The lowest BCUT2D eigenvalue weighted by atomic mass is 9.91. The van der Waals surface area contributed by atoms with Gasteiger partial charge in [-0.05, 0) is 62.2 Å². The third kappa shape index (κ3) is 6.41. The van der Waals surface area contributed by atoms with E-state index >= 15 is 0 Å². The maximum Gasteiger partial charge on any atom is 0.338 e. The number of nitrogens with one attached hydrogen (secondary N) is 1. The standard InChI is InChI=1S/C29H35ClN4O5S/c1-4-15-34-25(26(28(35)39-5-2)27(31-29(34)36)24-10-7-6-9-21(24)3)20-32-16-8-17-33(19-18-32)40(37,38)23-13-11-22(30)12-14-23/h4,6-7,9-14,27H,1,5,8,15-20H2,2-3H3,(H,31,36). The fourth-order valence-corrected chi connectivity index (χ4v) is 6.70. The smallest absolute Gasteiger partial charge is 0.338 e. The minimum atomic E-state index is -3.69. The van der Waals surface area contributed by atoms with Crippen LogP contribution in [0.4, 0.5) is 4.79 Å². The number of benzene rings is 2. The third-order valence-corrected chi connectivity index (χ3v) is 9.28. The van der Waals surface area contributed by atoms with E-state index < -0.39 is 22.0 Å². The molecule has 2 aliphatic heterocycles. The van der Waals surface area contributed by atoms with Crippen molar-refractivity contribution in [1.82, 2.24) is 19.4 Å². The summed E-state index contributed by atoms with van der Waals surface area (Å²) >= 11 is 5.95. The Hall–Kier alpha value is -3.18. The highest BCUT2D eigenvalue weighted by atomic mass is 35.5. The molecule has 2 aliphatic rings. The van der Waals surface area contributed by atoms with Gasteiger partial charge in [0.05, 0.1) is 23.1 Å². The van der Waals surface area contributed by atoms with Crippen LogP contribution in [0, 0.1) is 6.92 Å². The van der Waals surface area contributed by atoms with Gasteiger partial charge in [0.2, 0.25) is 10.0 Å². The normalized spacial score (nSPS) is 19.2. The lowest BCUT2D eigenvalue weighted by Gasteiger charge is -2.38. The van der Waals surface area contributed by atoms with Crippen LogP contribution in [0.1, 0.15) is 30.5 Å². The maximum absolute atomic E-state index is 13.4. The molecule has 1 N–H and O–H groups in total. The highest BCUT2D eigenvalue weighted by molar-refractivity contribution is 7.89. The predicted molar refractivity (Wildman–Crippen MR) is 154 cm³/mol. The van der Waals surface area contributed by atoms with Gasteiger partial charge in [0, 0.05) is 43.4 Å². The second kappa shape index (κ2) is 13.0. The third-order valence-electron chi connectivity index (χ3n) is 7.12. The van der Waals surface area contributed by atoms with Crippen LogP contribution in [0.15, 0.2) is 77.4 Å². The van der Waals surface area contributed by atoms with Crippen LogP contribution in [-0.4, -0.2) is 80.4 Å². The number of sulfonamides is 1. The number of carbonyl (C=O) groups excluding carboxylic acids is 2. The Balaban J connectivity index is 1.67. The number of halogens is 1. The van der Waals surface area contributed by atoms with Gasteiger partial charge in [0.1, 0.15) is 0 Å². The first kappa shape index (κ1) is 29.8. The van der Waals surface area contributed by atoms with Crippen molar-refractivity contribution in [2.75, 3.05) is 45.9 Å². The summed E-state index contributed by atoms with van der Waals surface area (Å²) in [5, 5.41) is 3.46. The number of aryl methyl sites for hydroxylation is 1. The van der Waals surface area contributed by atoms with Crippen molar-refractivity contribution < 1.29 is 22.7 Å². The number of hydrogen-bond acceptors (Lipinski definition) is 6. The molecule has 0 aliphatic carbocycles. The van der Waals surface area contributed by atoms with Gasteiger partial charge in [0.15, 0.2) is 0 Å². The van der Waals surface area contributed by atoms with Gasteiger partial charge in [-0.2, -0.15) is 4.31 Å². The number of urea groups is 1. The lowest BCUT2D eigenvalue weighted by Crippen LogP contribution is -2.51. The Morgan fingerprint density at radius 1 is 1.12 bits per heavy atom. The molecule has 9 nitrogen and oxygen atoms in total. The van der Waals surface area contributed by atoms with Crippen molar-refractivity contribution >= 4 is 33.6 Å². The van der Waals surface area contributed by atoms with E-state index in [-0.39, 0.29) is 37.2 Å². The van der Waals surface area contributed by atoms with Crippen molar-refractivity contribution in [2.24, 2.45) is 0 Å². The van der Waals surface area contributed by atoms with Crippen LogP contribution in [0.3, 0.4) is 0 Å². The number of rotatable bonds is 9. The molecule has 2 aromatic carbocycles. The first-order valence-electron chi connectivity index (χ1n) is 13.3. The molecule has 1 atom stereocenters. The Kier molecular flexibility index (Phi) is 9.68. The average Bonchev–Trinajstić information content (AvgIpc) is 3.17. The quantitative estimate of drug-likeness (QED) is 0.351. The minimum Gasteiger partial charge on any atom is -0.463 e. The fourth-order valence-electron chi connectivity index (χ4n) is 5.10. The van der Waals surface area contributed by atoms with Crippen LogP contribution in [0.25, 0.3) is 0 Å². The molecule has 1 saturated heterocycles. The van der Waals surface area contributed by atoms with E-state index in [4.69, 9.17) is 16.3 Å². The molecular formula is C29H35ClN4O5S. The molecular weight excluding hydrogens is 552 g/mol. The monoisotopic (exact) mass is 586 g/mol. The predicted octanol–water partition coefficient (Wildman–Crippen LogP) is 4.11. The second-order valence-electron chi connectivity index (χ2n) is 9.71. The van der Waals surface area contributed by atoms with Gasteiger partial charge < -0.3 is 10.1 Å². The summed E-state index contributed by atoms with van der Waals surface area (Å²) < 4.78 is 33.5. The van der Waals surface area contributed by atoms with E-state index in [1.54, 1.807) is 25.1 Å². The topological polar surface area (TPSA) is 99.3 Å². The number of hydrogen-bond donors (Lipinski definition) is 1. The minimum absolute atomic E-state index is 0.187. The highest BCUT2D eigenvalue weighted by Crippen LogP contribution is 2.34. The summed E-state index contributed by atoms with van der Waals surface area (Å²) in [7, 11) is -3.69. The van der Waals surface area contributed by atoms with Crippen molar-refractivity contribution in [2.45, 2.75) is 31.2 Å². The molecule has 0 bridgehead atoms. The largest absolute Gasteiger partial charge is 0.463 e. The molecule has 0 radical (unpaired) electrons. The lowest BCUT2D eigenvalue weighted by molar-refractivity contribution is -0.139. The zero-order chi connectivity index (χ0) is 28.9. The zero-order valence-electron chi connectivity index (χ0n) is 22.8. The molecule has 40 heavy (non-hydrogen) atoms. The molecule has 1 fully saturated rings. The highest BCUT2D eigenvalue weighted by Gasteiger charge is 2.39. The molecule has 214 valence electrons. The number of esters is 1. The van der Waals surface area contributed by atoms with E-state index in [1.165, 1.54) is 21.3 Å². The van der Waals surface area contributed by atoms with Crippen molar-refractivity contribution in [3.05, 3.63) is 88.6 Å². The average molecular weight is 587 g/mol. The van der Waals surface area contributed by atoms with Crippen LogP contribution < -0.4 is 5.32 Å². The Labute approximate surface area is 241 Å². The Morgan fingerprint density at radius 3 is 2.52 bits per heavy atom. The summed E-state index contributed by atoms with van der Waals surface area (Å²) in [4.78, 5) is 30.6. The summed E-state index contributed by atoms with van der Waals surface area (Å²) in [6, 6.07) is 12.7. The van der Waals surface area contributed by atoms with Gasteiger partial charge in [0.25, 0.3) is 0 Å². The Bertz CT molecular complexity index is 1390. The van der Waals surface area contributed by atoms with Gasteiger partial charge in [-0.1, -0.05) is 41.9 Å². The number of carbonyl (C=O) groups is 2. The summed E-state index contributed by atoms with van der Waals surface area (Å²) in [5.41, 5.74) is 2.64. The van der Waals surface area contributed by atoms with Gasteiger partial charge >= 0.3 is 12.0 Å². The number of nitrogens with zero attached hydrogens (tertiary/aromatic N) is 3. The molecule has 0 aromatic heterocycles. The van der Waals surface area contributed by atoms with Crippen molar-refractivity contribution in [3.63, 3.8) is 0 Å². The molecule has 2 heterocycles. The van der Waals surface area contributed by atoms with Gasteiger partial charge in [-0.25, -0.2) is 18.0 Å². The molecule has 0 saturated carbocycles. The van der Waals surface area contributed by atoms with Gasteiger partial charge in [-0.3, -0.25) is 9.80 Å².